The summed E-state index contributed by atoms with van der Waals surface area (Å²) in [5, 5.41) is 0. The summed E-state index contributed by atoms with van der Waals surface area (Å²) in [6.07, 6.45) is 18.4. The zero-order chi connectivity index (χ0) is 32.2. The Morgan fingerprint density at radius 1 is 0.644 bits per heavy atom. The van der Waals surface area contributed by atoms with Crippen LogP contribution in [0.2, 0.25) is 0 Å². The normalized spacial score (nSPS) is 11.4. The zero-order valence-corrected chi connectivity index (χ0v) is 31.0. The molecule has 0 aliphatic heterocycles. The molecule has 2 nitrogen and oxygen atoms in total. The molecule has 0 bridgehead atoms. The van der Waals surface area contributed by atoms with Gasteiger partial charge in [0.15, 0.2) is 0 Å². The summed E-state index contributed by atoms with van der Waals surface area (Å²) in [6, 6.07) is 20.2. The van der Waals surface area contributed by atoms with E-state index in [0.29, 0.717) is 0 Å². The summed E-state index contributed by atoms with van der Waals surface area (Å²) in [7, 11) is 4.26. The number of unbranched alkanes of at least 4 members (excludes halogenated alkanes) is 5. The Morgan fingerprint density at radius 2 is 1.24 bits per heavy atom. The Morgan fingerprint density at radius 3 is 1.78 bits per heavy atom. The molecule has 3 aromatic rings. The van der Waals surface area contributed by atoms with Gasteiger partial charge in [-0.05, 0) is 121 Å². The summed E-state index contributed by atoms with van der Waals surface area (Å²) in [4.78, 5) is 10.2. The first-order valence-corrected chi connectivity index (χ1v) is 18.5. The average molecular weight is 674 g/mol. The molecule has 0 amide bonds. The molecule has 0 heterocycles. The van der Waals surface area contributed by atoms with Gasteiger partial charge in [0.05, 0.1) is 17.1 Å². The Balaban J connectivity index is 0.00000331. The third-order valence-electron chi connectivity index (χ3n) is 8.44. The maximum atomic E-state index is 5.18. The summed E-state index contributed by atoms with van der Waals surface area (Å²) in [6.45, 7) is 13.6. The van der Waals surface area contributed by atoms with Crippen molar-refractivity contribution in [3.05, 3.63) is 89.8 Å². The fourth-order valence-electron chi connectivity index (χ4n) is 6.00. The van der Waals surface area contributed by atoms with Crippen LogP contribution in [0, 0.1) is 7.43 Å². The monoisotopic (exact) mass is 672 g/mol. The maximum absolute atomic E-state index is 5.18. The van der Waals surface area contributed by atoms with Gasteiger partial charge in [0.25, 0.3) is 0 Å². The minimum absolute atomic E-state index is 0. The second-order valence-corrected chi connectivity index (χ2v) is 11.7. The topological polar surface area (TPSA) is 24.7 Å². The average Bonchev–Trinajstić information content (AvgIpc) is 3.07. The van der Waals surface area contributed by atoms with Gasteiger partial charge >= 0.3 is 24.8 Å². The van der Waals surface area contributed by atoms with Crippen molar-refractivity contribution in [1.29, 1.82) is 0 Å². The summed E-state index contributed by atoms with van der Waals surface area (Å²) in [5.74, 6) is 0. The molecule has 0 aliphatic rings. The molecule has 0 saturated heterocycles. The van der Waals surface area contributed by atoms with Gasteiger partial charge in [-0.25, -0.2) is 0 Å². The predicted octanol–water partition coefficient (Wildman–Crippen LogP) is 13.3. The predicted molar refractivity (Wildman–Crippen MR) is 200 cm³/mol. The quantitative estimate of drug-likeness (QED) is 0.0556. The first kappa shape index (κ1) is 40.8. The number of aryl methyl sites for hydroxylation is 3. The molecule has 0 atom stereocenters. The SMILES string of the molecule is CCCCCCc1c(CC)cc(N=C(C=Nc2cc(CCCC)c(CC)c(CCCC)c2)CC)cc1-c1ccccc1.[CH3-].[Cl][Ni]. The molecule has 0 aromatic heterocycles. The molecule has 0 fully saturated rings. The van der Waals surface area contributed by atoms with Gasteiger partial charge < -0.3 is 7.43 Å². The number of aliphatic imine (C=N–C) groups is 2. The molecular formula is C41H59ClN2Ni-. The van der Waals surface area contributed by atoms with Crippen LogP contribution in [0.15, 0.2) is 64.6 Å². The van der Waals surface area contributed by atoms with Gasteiger partial charge in [0.2, 0.25) is 0 Å². The van der Waals surface area contributed by atoms with Crippen LogP contribution in [0.25, 0.3) is 11.1 Å². The third kappa shape index (κ3) is 13.2. The molecule has 0 N–H and O–H groups in total. The van der Waals surface area contributed by atoms with Crippen LogP contribution in [0.4, 0.5) is 11.4 Å². The van der Waals surface area contributed by atoms with Crippen LogP contribution in [-0.2, 0) is 46.7 Å². The van der Waals surface area contributed by atoms with Crippen LogP contribution >= 0.6 is 10.2 Å². The van der Waals surface area contributed by atoms with Crippen LogP contribution in [-0.4, -0.2) is 11.9 Å². The number of nitrogens with zero attached hydrogens (tertiary/aromatic N) is 2. The second kappa shape index (κ2) is 24.0. The van der Waals surface area contributed by atoms with Crippen molar-refractivity contribution in [2.24, 2.45) is 9.98 Å². The Bertz CT molecular complexity index is 1270. The molecule has 0 spiro atoms. The number of hydrogen-bond acceptors (Lipinski definition) is 2. The van der Waals surface area contributed by atoms with E-state index in [2.05, 4.69) is 121 Å². The van der Waals surface area contributed by atoms with Crippen molar-refractivity contribution in [3.8, 4) is 11.1 Å². The Hall–Kier alpha value is -2.22. The fraction of sp³-hybridized carbons (Fsp3) is 0.488. The van der Waals surface area contributed by atoms with Crippen molar-refractivity contribution < 1.29 is 14.6 Å². The summed E-state index contributed by atoms with van der Waals surface area (Å²) in [5.41, 5.74) is 13.2. The number of hydrogen-bond donors (Lipinski definition) is 0. The van der Waals surface area contributed by atoms with E-state index in [0.717, 1.165) is 55.6 Å². The number of rotatable bonds is 18. The van der Waals surface area contributed by atoms with E-state index in [4.69, 9.17) is 9.98 Å². The minimum atomic E-state index is 0. The van der Waals surface area contributed by atoms with Gasteiger partial charge in [-0.2, -0.15) is 0 Å². The summed E-state index contributed by atoms with van der Waals surface area (Å²) >= 11 is 3.35. The zero-order valence-electron chi connectivity index (χ0n) is 29.3. The van der Waals surface area contributed by atoms with Crippen molar-refractivity contribution in [1.82, 2.24) is 0 Å². The number of halogens is 1. The van der Waals surface area contributed by atoms with E-state index >= 15 is 0 Å². The van der Waals surface area contributed by atoms with E-state index in [1.54, 1.807) is 5.56 Å². The van der Waals surface area contributed by atoms with E-state index in [9.17, 15) is 0 Å². The molecule has 45 heavy (non-hydrogen) atoms. The molecule has 251 valence electrons. The molecule has 0 saturated carbocycles. The third-order valence-corrected chi connectivity index (χ3v) is 8.44. The first-order chi connectivity index (χ1) is 21.6. The van der Waals surface area contributed by atoms with Gasteiger partial charge in [-0.1, -0.05) is 104 Å². The molecule has 0 radical (unpaired) electrons. The Labute approximate surface area is 289 Å². The van der Waals surface area contributed by atoms with Gasteiger partial charge in [0, 0.05) is 6.21 Å². The molecule has 3 rings (SSSR count). The van der Waals surface area contributed by atoms with E-state index in [1.807, 2.05) is 6.21 Å². The van der Waals surface area contributed by atoms with Gasteiger partial charge in [0.1, 0.15) is 0 Å². The van der Waals surface area contributed by atoms with Crippen molar-refractivity contribution in [2.45, 2.75) is 131 Å². The molecule has 0 unspecified atom stereocenters. The summed E-state index contributed by atoms with van der Waals surface area (Å²) < 4.78 is 0. The van der Waals surface area contributed by atoms with E-state index < -0.39 is 0 Å². The second-order valence-electron chi connectivity index (χ2n) is 11.7. The van der Waals surface area contributed by atoms with Crippen LogP contribution in [0.5, 0.6) is 0 Å². The van der Waals surface area contributed by atoms with Crippen molar-refractivity contribution in [2.75, 3.05) is 0 Å². The van der Waals surface area contributed by atoms with Crippen molar-refractivity contribution in [3.63, 3.8) is 0 Å². The fourth-order valence-corrected chi connectivity index (χ4v) is 6.00. The molecule has 3 aromatic carbocycles. The first-order valence-electron chi connectivity index (χ1n) is 17.2. The van der Waals surface area contributed by atoms with Crippen LogP contribution in [0.3, 0.4) is 0 Å². The Kier molecular flexibility index (Phi) is 21.8. The van der Waals surface area contributed by atoms with Gasteiger partial charge in [-0.3, -0.25) is 9.98 Å². The van der Waals surface area contributed by atoms with Crippen LogP contribution < -0.4 is 0 Å². The number of benzene rings is 3. The molecule has 4 heteroatoms. The standard InChI is InChI=1S/C40H56N2.CH3.ClH.Ni/c1-7-13-16-20-25-39-31(10-4)26-37(29-40(39)32-23-18-17-19-24-32)42-35(11-5)30-41-36-27-33(21-14-8-2)38(12-6)34(28-36)22-15-9-3;;;/h17-19,23-24,26-30H,7-16,20-22,25H2,1-6H3;1H3;1H;/q;-1;;+1/p-1. The van der Waals surface area contributed by atoms with Gasteiger partial charge in [-0.15, -0.1) is 0 Å². The van der Waals surface area contributed by atoms with Crippen molar-refractivity contribution >= 4 is 33.5 Å². The van der Waals surface area contributed by atoms with Crippen LogP contribution in [0.1, 0.15) is 127 Å². The van der Waals surface area contributed by atoms with E-state index in [1.165, 1.54) is 84.7 Å². The van der Waals surface area contributed by atoms with E-state index in [-0.39, 0.29) is 7.43 Å². The molecule has 0 aliphatic carbocycles. The molecular weight excluding hydrogens is 615 g/mol.